The molecule has 1 spiro atoms. The van der Waals surface area contributed by atoms with Crippen LogP contribution in [0.3, 0.4) is 0 Å². The molecule has 0 saturated heterocycles. The molecular weight excluding hydrogens is 132 g/mol. The zero-order valence-corrected chi connectivity index (χ0v) is 7.17. The van der Waals surface area contributed by atoms with E-state index in [1.54, 1.807) is 6.42 Å². The summed E-state index contributed by atoms with van der Waals surface area (Å²) in [5.74, 6) is 7.41. The molecule has 5 aliphatic rings. The van der Waals surface area contributed by atoms with Gasteiger partial charge in [0.1, 0.15) is 0 Å². The Morgan fingerprint density at radius 2 is 2.00 bits per heavy atom. The monoisotopic (exact) mass is 146 g/mol. The van der Waals surface area contributed by atoms with E-state index in [0.717, 1.165) is 16.7 Å². The first-order valence-corrected chi connectivity index (χ1v) is 5.27. The summed E-state index contributed by atoms with van der Waals surface area (Å²) in [4.78, 5) is 0. The highest BCUT2D eigenvalue weighted by atomic mass is 15.2. The van der Waals surface area contributed by atoms with Crippen LogP contribution in [0.1, 0.15) is 20.3 Å². The van der Waals surface area contributed by atoms with Crippen molar-refractivity contribution < 1.29 is 0 Å². The molecule has 0 aromatic carbocycles. The van der Waals surface area contributed by atoms with Gasteiger partial charge in [-0.05, 0) is 52.8 Å². The summed E-state index contributed by atoms with van der Waals surface area (Å²) < 4.78 is 0. The largest absolute Gasteiger partial charge is 0.0622 e. The highest BCUT2D eigenvalue weighted by Crippen LogP contribution is 3.16. The van der Waals surface area contributed by atoms with Gasteiger partial charge in [0.05, 0.1) is 0 Å². The van der Waals surface area contributed by atoms with Crippen LogP contribution in [-0.2, 0) is 0 Å². The van der Waals surface area contributed by atoms with Gasteiger partial charge in [0.2, 0.25) is 0 Å². The summed E-state index contributed by atoms with van der Waals surface area (Å²) in [6.07, 6.45) is 1.64. The molecule has 0 bridgehead atoms. The molecule has 5 aliphatic carbocycles. The van der Waals surface area contributed by atoms with Crippen LogP contribution < -0.4 is 0 Å². The van der Waals surface area contributed by atoms with Gasteiger partial charge in [0.15, 0.2) is 0 Å². The summed E-state index contributed by atoms with van der Waals surface area (Å²) in [5, 5.41) is 0. The van der Waals surface area contributed by atoms with Crippen molar-refractivity contribution in [3.8, 4) is 0 Å². The van der Waals surface area contributed by atoms with E-state index in [2.05, 4.69) is 13.8 Å². The Bertz CT molecular complexity index is 303. The van der Waals surface area contributed by atoms with Gasteiger partial charge in [0, 0.05) is 0 Å². The molecule has 58 valence electrons. The van der Waals surface area contributed by atoms with Crippen LogP contribution >= 0.6 is 0 Å². The molecule has 0 aromatic heterocycles. The van der Waals surface area contributed by atoms with Crippen LogP contribution in [0.4, 0.5) is 0 Å². The zero-order chi connectivity index (χ0) is 7.17. The highest BCUT2D eigenvalue weighted by molar-refractivity contribution is 5.59. The fraction of sp³-hybridized carbons (Fsp3) is 1.00. The molecule has 0 heteroatoms. The van der Waals surface area contributed by atoms with Crippen molar-refractivity contribution in [3.05, 3.63) is 0 Å². The normalized spacial score (nSPS) is 89.2. The van der Waals surface area contributed by atoms with E-state index in [9.17, 15) is 0 Å². The summed E-state index contributed by atoms with van der Waals surface area (Å²) in [5.41, 5.74) is 2.01. The lowest BCUT2D eigenvalue weighted by Crippen LogP contribution is -2.75. The quantitative estimate of drug-likeness (QED) is 0.531. The number of hydrogen-bond acceptors (Lipinski definition) is 0. The summed E-state index contributed by atoms with van der Waals surface area (Å²) >= 11 is 0. The third kappa shape index (κ3) is 0.184. The molecule has 0 amide bonds. The summed E-state index contributed by atoms with van der Waals surface area (Å²) in [6.45, 7) is 4.93. The molecule has 0 aliphatic heterocycles. The predicted octanol–water partition coefficient (Wildman–Crippen LogP) is 2.15. The first-order valence-electron chi connectivity index (χ1n) is 5.27. The van der Waals surface area contributed by atoms with Crippen molar-refractivity contribution in [2.24, 2.45) is 46.3 Å². The second-order valence-corrected chi connectivity index (χ2v) is 6.14. The molecule has 5 saturated carbocycles. The lowest BCUT2D eigenvalue weighted by molar-refractivity contribution is -0.322. The zero-order valence-electron chi connectivity index (χ0n) is 7.17. The van der Waals surface area contributed by atoms with Crippen molar-refractivity contribution >= 4 is 0 Å². The fourth-order valence-corrected chi connectivity index (χ4v) is 6.40. The average Bonchev–Trinajstić information content (AvgIpc) is 2.74. The van der Waals surface area contributed by atoms with Crippen LogP contribution in [0.2, 0.25) is 0 Å². The SMILES string of the molecule is CC(C)C12CC3C4C5C1C45C32. The van der Waals surface area contributed by atoms with E-state index in [0.29, 0.717) is 0 Å². The molecule has 7 atom stereocenters. The van der Waals surface area contributed by atoms with Gasteiger partial charge >= 0.3 is 0 Å². The van der Waals surface area contributed by atoms with E-state index < -0.39 is 0 Å². The molecule has 0 N–H and O–H groups in total. The maximum Gasteiger partial charge on any atom is -0.0156 e. The third-order valence-corrected chi connectivity index (χ3v) is 6.47. The van der Waals surface area contributed by atoms with Crippen molar-refractivity contribution in [2.45, 2.75) is 20.3 Å². The minimum Gasteiger partial charge on any atom is -0.0622 e. The van der Waals surface area contributed by atoms with E-state index in [-0.39, 0.29) is 0 Å². The van der Waals surface area contributed by atoms with Gasteiger partial charge in [-0.1, -0.05) is 13.8 Å². The Labute approximate surface area is 67.4 Å². The average molecular weight is 146 g/mol. The molecule has 7 unspecified atom stereocenters. The molecule has 5 rings (SSSR count). The second-order valence-electron chi connectivity index (χ2n) is 6.14. The van der Waals surface area contributed by atoms with Crippen LogP contribution in [0.5, 0.6) is 0 Å². The summed E-state index contributed by atoms with van der Waals surface area (Å²) in [6, 6.07) is 0. The van der Waals surface area contributed by atoms with E-state index in [1.165, 1.54) is 29.6 Å². The third-order valence-electron chi connectivity index (χ3n) is 6.47. The molecule has 0 heterocycles. The fourth-order valence-electron chi connectivity index (χ4n) is 6.40. The van der Waals surface area contributed by atoms with Gasteiger partial charge < -0.3 is 0 Å². The molecule has 0 aromatic rings. The molecule has 0 radical (unpaired) electrons. The van der Waals surface area contributed by atoms with Crippen LogP contribution in [0, 0.1) is 46.3 Å². The minimum atomic E-state index is 0.935. The first kappa shape index (κ1) is 4.89. The summed E-state index contributed by atoms with van der Waals surface area (Å²) in [7, 11) is 0. The van der Waals surface area contributed by atoms with Crippen LogP contribution in [-0.4, -0.2) is 0 Å². The maximum atomic E-state index is 2.47. The van der Waals surface area contributed by atoms with Crippen molar-refractivity contribution in [2.75, 3.05) is 0 Å². The van der Waals surface area contributed by atoms with Crippen molar-refractivity contribution in [1.82, 2.24) is 0 Å². The minimum absolute atomic E-state index is 0.935. The Morgan fingerprint density at radius 1 is 1.18 bits per heavy atom. The maximum absolute atomic E-state index is 2.47. The Hall–Kier alpha value is 0. The second kappa shape index (κ2) is 0.843. The Morgan fingerprint density at radius 3 is 2.36 bits per heavy atom. The predicted molar refractivity (Wildman–Crippen MR) is 41.8 cm³/mol. The number of hydrogen-bond donors (Lipinski definition) is 0. The topological polar surface area (TPSA) is 0 Å². The van der Waals surface area contributed by atoms with Crippen LogP contribution in [0.25, 0.3) is 0 Å². The van der Waals surface area contributed by atoms with E-state index in [1.807, 2.05) is 0 Å². The lowest BCUT2D eigenvalue weighted by atomic mass is 9.25. The molecule has 11 heavy (non-hydrogen) atoms. The lowest BCUT2D eigenvalue weighted by Gasteiger charge is -2.79. The van der Waals surface area contributed by atoms with Gasteiger partial charge in [-0.3, -0.25) is 0 Å². The van der Waals surface area contributed by atoms with Gasteiger partial charge in [0.25, 0.3) is 0 Å². The standard InChI is InChI=1S/C11H14/c1-4(2)10-3-5-6-7-9(10)11(6,7)8(5)10/h4-9H,3H2,1-2H3. The smallest absolute Gasteiger partial charge is 0.0156 e. The highest BCUT2D eigenvalue weighted by Gasteiger charge is 3.13. The molecule has 0 nitrogen and oxygen atoms in total. The van der Waals surface area contributed by atoms with E-state index in [4.69, 9.17) is 0 Å². The van der Waals surface area contributed by atoms with Crippen molar-refractivity contribution in [3.63, 3.8) is 0 Å². The first-order chi connectivity index (χ1) is 5.27. The van der Waals surface area contributed by atoms with Gasteiger partial charge in [-0.15, -0.1) is 0 Å². The van der Waals surface area contributed by atoms with Crippen LogP contribution in [0.15, 0.2) is 0 Å². The molecule has 5 fully saturated rings. The Balaban J connectivity index is 1.73. The van der Waals surface area contributed by atoms with Gasteiger partial charge in [-0.25, -0.2) is 0 Å². The molecular formula is C11H14. The number of rotatable bonds is 1. The van der Waals surface area contributed by atoms with Gasteiger partial charge in [-0.2, -0.15) is 0 Å². The number of fused-ring (bicyclic) bond motifs is 4. The Kier molecular flexibility index (Phi) is 0.375. The van der Waals surface area contributed by atoms with E-state index >= 15 is 0 Å². The van der Waals surface area contributed by atoms with Crippen molar-refractivity contribution in [1.29, 1.82) is 0 Å².